The number of aryl methyl sites for hydroxylation is 1. The van der Waals surface area contributed by atoms with Gasteiger partial charge in [-0.15, -0.1) is 0 Å². The van der Waals surface area contributed by atoms with Crippen LogP contribution in [0.15, 0.2) is 48.7 Å². The van der Waals surface area contributed by atoms with Crippen LogP contribution in [0.25, 0.3) is 0 Å². The largest absolute Gasteiger partial charge is 0.491 e. The maximum Gasteiger partial charge on any atom is 0.315 e. The van der Waals surface area contributed by atoms with Crippen molar-refractivity contribution in [3.05, 3.63) is 59.9 Å². The molecule has 2 aromatic rings. The van der Waals surface area contributed by atoms with Crippen molar-refractivity contribution in [3.8, 4) is 5.75 Å². The van der Waals surface area contributed by atoms with Crippen LogP contribution in [0.4, 0.5) is 4.79 Å². The molecule has 22 heavy (non-hydrogen) atoms. The molecule has 1 aromatic heterocycles. The average Bonchev–Trinajstić information content (AvgIpc) is 2.58. The maximum atomic E-state index is 11.6. The van der Waals surface area contributed by atoms with Crippen molar-refractivity contribution in [1.82, 2.24) is 15.6 Å². The van der Waals surface area contributed by atoms with E-state index in [4.69, 9.17) is 4.74 Å². The quantitative estimate of drug-likeness (QED) is 0.772. The Hall–Kier alpha value is -2.56. The number of urea groups is 1. The molecule has 0 aliphatic heterocycles. The van der Waals surface area contributed by atoms with E-state index in [1.165, 1.54) is 5.56 Å². The lowest BCUT2D eigenvalue weighted by atomic mass is 10.1. The van der Waals surface area contributed by atoms with Gasteiger partial charge >= 0.3 is 6.03 Å². The highest BCUT2D eigenvalue weighted by molar-refractivity contribution is 5.73. The Bertz CT molecular complexity index is 587. The van der Waals surface area contributed by atoms with Gasteiger partial charge in [0.15, 0.2) is 0 Å². The van der Waals surface area contributed by atoms with Gasteiger partial charge in [-0.25, -0.2) is 4.79 Å². The highest BCUT2D eigenvalue weighted by atomic mass is 16.5. The van der Waals surface area contributed by atoms with Crippen molar-refractivity contribution >= 4 is 6.03 Å². The van der Waals surface area contributed by atoms with Crippen molar-refractivity contribution in [2.75, 3.05) is 13.2 Å². The molecule has 5 heteroatoms. The van der Waals surface area contributed by atoms with Gasteiger partial charge in [0.1, 0.15) is 12.4 Å². The molecule has 2 amide bonds. The molecule has 0 saturated heterocycles. The average molecular weight is 299 g/mol. The van der Waals surface area contributed by atoms with Crippen LogP contribution in [0.3, 0.4) is 0 Å². The van der Waals surface area contributed by atoms with Crippen LogP contribution in [0.5, 0.6) is 5.75 Å². The van der Waals surface area contributed by atoms with Crippen molar-refractivity contribution in [3.63, 3.8) is 0 Å². The Morgan fingerprint density at radius 1 is 1.14 bits per heavy atom. The van der Waals surface area contributed by atoms with E-state index in [9.17, 15) is 4.79 Å². The molecule has 5 nitrogen and oxygen atoms in total. The summed E-state index contributed by atoms with van der Waals surface area (Å²) in [7, 11) is 0. The summed E-state index contributed by atoms with van der Waals surface area (Å²) in [5.74, 6) is 0.876. The number of para-hydroxylation sites is 1. The first-order chi connectivity index (χ1) is 10.8. The van der Waals surface area contributed by atoms with Gasteiger partial charge in [-0.2, -0.15) is 0 Å². The van der Waals surface area contributed by atoms with Crippen molar-refractivity contribution in [2.24, 2.45) is 0 Å². The Balaban J connectivity index is 1.65. The third-order valence-corrected chi connectivity index (χ3v) is 3.15. The molecule has 0 spiro atoms. The van der Waals surface area contributed by atoms with E-state index in [0.29, 0.717) is 19.7 Å². The van der Waals surface area contributed by atoms with Crippen LogP contribution in [-0.4, -0.2) is 24.2 Å². The molecule has 0 radical (unpaired) electrons. The predicted molar refractivity (Wildman–Crippen MR) is 85.8 cm³/mol. The Kier molecular flexibility index (Phi) is 6.23. The number of carbonyl (C=O) groups excluding carboxylic acids is 1. The highest BCUT2D eigenvalue weighted by Crippen LogP contribution is 2.17. The molecule has 0 unspecified atom stereocenters. The zero-order valence-corrected chi connectivity index (χ0v) is 12.7. The number of benzene rings is 1. The number of hydrogen-bond acceptors (Lipinski definition) is 3. The molecule has 2 rings (SSSR count). The Morgan fingerprint density at radius 3 is 2.73 bits per heavy atom. The minimum atomic E-state index is -0.224. The van der Waals surface area contributed by atoms with E-state index in [-0.39, 0.29) is 6.03 Å². The molecular formula is C17H21N3O2. The van der Waals surface area contributed by atoms with Gasteiger partial charge in [-0.3, -0.25) is 4.98 Å². The summed E-state index contributed by atoms with van der Waals surface area (Å²) in [6, 6.07) is 13.3. The molecule has 0 atom stereocenters. The fourth-order valence-electron chi connectivity index (χ4n) is 2.00. The molecule has 0 fully saturated rings. The smallest absolute Gasteiger partial charge is 0.315 e. The third kappa shape index (κ3) is 5.09. The first-order valence-electron chi connectivity index (χ1n) is 7.42. The molecule has 0 bridgehead atoms. The monoisotopic (exact) mass is 299 g/mol. The zero-order chi connectivity index (χ0) is 15.6. The summed E-state index contributed by atoms with van der Waals surface area (Å²) < 4.78 is 5.69. The third-order valence-electron chi connectivity index (χ3n) is 3.15. The van der Waals surface area contributed by atoms with Crippen molar-refractivity contribution in [2.45, 2.75) is 19.9 Å². The van der Waals surface area contributed by atoms with Gasteiger partial charge in [0.25, 0.3) is 0 Å². The molecule has 0 saturated carbocycles. The molecule has 116 valence electrons. The topological polar surface area (TPSA) is 63.2 Å². The van der Waals surface area contributed by atoms with E-state index in [1.807, 2.05) is 42.5 Å². The summed E-state index contributed by atoms with van der Waals surface area (Å²) in [5.41, 5.74) is 1.99. The van der Waals surface area contributed by atoms with Crippen molar-refractivity contribution < 1.29 is 9.53 Å². The summed E-state index contributed by atoms with van der Waals surface area (Å²) in [4.78, 5) is 15.8. The minimum absolute atomic E-state index is 0.224. The number of pyridine rings is 1. The van der Waals surface area contributed by atoms with Crippen LogP contribution in [0.2, 0.25) is 0 Å². The number of rotatable bonds is 7. The number of ether oxygens (including phenoxy) is 1. The van der Waals surface area contributed by atoms with Gasteiger partial charge in [0.05, 0.1) is 18.8 Å². The molecule has 1 aromatic carbocycles. The summed E-state index contributed by atoms with van der Waals surface area (Å²) in [6.45, 7) is 3.39. The zero-order valence-electron chi connectivity index (χ0n) is 12.7. The summed E-state index contributed by atoms with van der Waals surface area (Å²) in [6.07, 6.45) is 2.63. The van der Waals surface area contributed by atoms with Gasteiger partial charge < -0.3 is 15.4 Å². The van der Waals surface area contributed by atoms with Gasteiger partial charge in [-0.1, -0.05) is 31.2 Å². The standard InChI is InChI=1S/C17H21N3O2/c1-2-14-7-3-4-9-16(14)22-12-11-19-17(21)20-13-15-8-5-6-10-18-15/h3-10H,2,11-13H2,1H3,(H2,19,20,21). The Labute approximate surface area is 130 Å². The van der Waals surface area contributed by atoms with Gasteiger partial charge in [0.2, 0.25) is 0 Å². The molecule has 0 aliphatic carbocycles. The second-order valence-corrected chi connectivity index (χ2v) is 4.74. The van der Waals surface area contributed by atoms with E-state index in [1.54, 1.807) is 6.20 Å². The van der Waals surface area contributed by atoms with Crippen LogP contribution in [0.1, 0.15) is 18.2 Å². The predicted octanol–water partition coefficient (Wildman–Crippen LogP) is 2.52. The highest BCUT2D eigenvalue weighted by Gasteiger charge is 2.02. The number of nitrogens with one attached hydrogen (secondary N) is 2. The second-order valence-electron chi connectivity index (χ2n) is 4.74. The fraction of sp³-hybridized carbons (Fsp3) is 0.294. The summed E-state index contributed by atoms with van der Waals surface area (Å²) in [5, 5.41) is 5.51. The van der Waals surface area contributed by atoms with Crippen LogP contribution >= 0.6 is 0 Å². The van der Waals surface area contributed by atoms with Crippen LogP contribution in [-0.2, 0) is 13.0 Å². The normalized spacial score (nSPS) is 10.0. The number of carbonyl (C=O) groups is 1. The number of nitrogens with zero attached hydrogens (tertiary/aromatic N) is 1. The van der Waals surface area contributed by atoms with Crippen LogP contribution in [0, 0.1) is 0 Å². The molecular weight excluding hydrogens is 278 g/mol. The second kappa shape index (κ2) is 8.67. The van der Waals surface area contributed by atoms with Crippen molar-refractivity contribution in [1.29, 1.82) is 0 Å². The van der Waals surface area contributed by atoms with Gasteiger partial charge in [-0.05, 0) is 30.2 Å². The fourth-order valence-corrected chi connectivity index (χ4v) is 2.00. The minimum Gasteiger partial charge on any atom is -0.491 e. The van der Waals surface area contributed by atoms with Crippen LogP contribution < -0.4 is 15.4 Å². The first kappa shape index (κ1) is 15.8. The molecule has 2 N–H and O–H groups in total. The van der Waals surface area contributed by atoms with Gasteiger partial charge in [0, 0.05) is 6.20 Å². The maximum absolute atomic E-state index is 11.6. The molecule has 0 aliphatic rings. The van der Waals surface area contributed by atoms with E-state index >= 15 is 0 Å². The number of hydrogen-bond donors (Lipinski definition) is 2. The number of amides is 2. The van der Waals surface area contributed by atoms with E-state index in [0.717, 1.165) is 17.9 Å². The lowest BCUT2D eigenvalue weighted by Crippen LogP contribution is -2.37. The first-order valence-corrected chi connectivity index (χ1v) is 7.42. The summed E-state index contributed by atoms with van der Waals surface area (Å²) >= 11 is 0. The molecule has 1 heterocycles. The number of aromatic nitrogens is 1. The van der Waals surface area contributed by atoms with E-state index < -0.39 is 0 Å². The Morgan fingerprint density at radius 2 is 1.95 bits per heavy atom. The van der Waals surface area contributed by atoms with E-state index in [2.05, 4.69) is 22.5 Å². The SMILES string of the molecule is CCc1ccccc1OCCNC(=O)NCc1ccccn1. The lowest BCUT2D eigenvalue weighted by Gasteiger charge is -2.11. The lowest BCUT2D eigenvalue weighted by molar-refractivity contribution is 0.236.